The predicted octanol–water partition coefficient (Wildman–Crippen LogP) is 3.68. The molecule has 1 N–H and O–H groups in total. The third-order valence-electron chi connectivity index (χ3n) is 3.92. The van der Waals surface area contributed by atoms with Crippen LogP contribution in [0.4, 0.5) is 11.5 Å². The van der Waals surface area contributed by atoms with Gasteiger partial charge in [-0.3, -0.25) is 10.1 Å². The van der Waals surface area contributed by atoms with Gasteiger partial charge in [-0.1, -0.05) is 19.3 Å². The first-order valence-corrected chi connectivity index (χ1v) is 6.95. The van der Waals surface area contributed by atoms with Crippen molar-refractivity contribution in [3.05, 3.63) is 27.9 Å². The van der Waals surface area contributed by atoms with Gasteiger partial charge in [-0.15, -0.1) is 0 Å². The van der Waals surface area contributed by atoms with Crippen molar-refractivity contribution in [2.75, 3.05) is 5.32 Å². The minimum Gasteiger partial charge on any atom is -0.362 e. The van der Waals surface area contributed by atoms with Crippen molar-refractivity contribution in [2.24, 2.45) is 5.92 Å². The lowest BCUT2D eigenvalue weighted by Crippen LogP contribution is -2.28. The van der Waals surface area contributed by atoms with Crippen molar-refractivity contribution < 1.29 is 4.92 Å². The summed E-state index contributed by atoms with van der Waals surface area (Å²) in [7, 11) is 0. The van der Waals surface area contributed by atoms with E-state index in [0.717, 1.165) is 5.56 Å². The lowest BCUT2D eigenvalue weighted by molar-refractivity contribution is -0.384. The average molecular weight is 263 g/mol. The molecule has 1 aromatic rings. The molecule has 1 saturated carbocycles. The minimum absolute atomic E-state index is 0.0719. The molecule has 1 unspecified atom stereocenters. The summed E-state index contributed by atoms with van der Waals surface area (Å²) in [5.74, 6) is 0.991. The molecule has 104 valence electrons. The van der Waals surface area contributed by atoms with Crippen molar-refractivity contribution >= 4 is 11.5 Å². The Morgan fingerprint density at radius 3 is 2.74 bits per heavy atom. The first kappa shape index (κ1) is 13.8. The number of nitrogens with one attached hydrogen (secondary N) is 1. The second kappa shape index (κ2) is 5.99. The Labute approximate surface area is 113 Å². The molecule has 1 atom stereocenters. The molecule has 2 rings (SSSR count). The number of hydrogen-bond donors (Lipinski definition) is 1. The number of aromatic nitrogens is 1. The van der Waals surface area contributed by atoms with Gasteiger partial charge in [0.25, 0.3) is 0 Å². The zero-order valence-electron chi connectivity index (χ0n) is 11.6. The highest BCUT2D eigenvalue weighted by molar-refractivity contribution is 5.57. The van der Waals surface area contributed by atoms with E-state index in [2.05, 4.69) is 17.2 Å². The standard InChI is InChI=1S/C14H21N3O2/c1-10-8-13(17(18)19)14(15-9-10)16-11(2)12-6-4-3-5-7-12/h8-9,11-12H,3-7H2,1-2H3,(H,15,16). The molecule has 0 radical (unpaired) electrons. The molecule has 0 aliphatic heterocycles. The van der Waals surface area contributed by atoms with Crippen LogP contribution in [0.25, 0.3) is 0 Å². The van der Waals surface area contributed by atoms with Crippen LogP contribution < -0.4 is 5.32 Å². The molecule has 1 fully saturated rings. The molecular formula is C14H21N3O2. The summed E-state index contributed by atoms with van der Waals surface area (Å²) in [6, 6.07) is 1.80. The fraction of sp³-hybridized carbons (Fsp3) is 0.643. The lowest BCUT2D eigenvalue weighted by atomic mass is 9.84. The molecule has 5 nitrogen and oxygen atoms in total. The number of anilines is 1. The van der Waals surface area contributed by atoms with E-state index in [1.165, 1.54) is 32.1 Å². The van der Waals surface area contributed by atoms with Crippen molar-refractivity contribution in [3.63, 3.8) is 0 Å². The van der Waals surface area contributed by atoms with Crippen LogP contribution >= 0.6 is 0 Å². The Hall–Kier alpha value is -1.65. The van der Waals surface area contributed by atoms with Gasteiger partial charge in [-0.05, 0) is 38.2 Å². The van der Waals surface area contributed by atoms with Crippen LogP contribution in [0, 0.1) is 23.0 Å². The number of pyridine rings is 1. The van der Waals surface area contributed by atoms with Crippen LogP contribution in [-0.2, 0) is 0 Å². The van der Waals surface area contributed by atoms with E-state index >= 15 is 0 Å². The second-order valence-corrected chi connectivity index (χ2v) is 5.47. The van der Waals surface area contributed by atoms with E-state index < -0.39 is 0 Å². The van der Waals surface area contributed by atoms with Gasteiger partial charge in [0.1, 0.15) is 0 Å². The van der Waals surface area contributed by atoms with E-state index in [0.29, 0.717) is 11.7 Å². The number of hydrogen-bond acceptors (Lipinski definition) is 4. The summed E-state index contributed by atoms with van der Waals surface area (Å²) in [6.45, 7) is 3.91. The zero-order chi connectivity index (χ0) is 13.8. The van der Waals surface area contributed by atoms with Crippen LogP contribution in [0.1, 0.15) is 44.6 Å². The molecule has 0 saturated heterocycles. The monoisotopic (exact) mass is 263 g/mol. The minimum atomic E-state index is -0.365. The number of nitrogens with zero attached hydrogens (tertiary/aromatic N) is 2. The number of rotatable bonds is 4. The van der Waals surface area contributed by atoms with E-state index in [1.54, 1.807) is 12.3 Å². The summed E-state index contributed by atoms with van der Waals surface area (Å²) in [4.78, 5) is 14.9. The molecule has 0 amide bonds. The highest BCUT2D eigenvalue weighted by Crippen LogP contribution is 2.30. The average Bonchev–Trinajstić information content (AvgIpc) is 2.41. The Balaban J connectivity index is 2.11. The summed E-state index contributed by atoms with van der Waals surface area (Å²) in [6.07, 6.45) is 7.91. The summed E-state index contributed by atoms with van der Waals surface area (Å²) in [5.41, 5.74) is 0.880. The van der Waals surface area contributed by atoms with Crippen LogP contribution in [-0.4, -0.2) is 15.9 Å². The van der Waals surface area contributed by atoms with E-state index in [1.807, 2.05) is 6.92 Å². The van der Waals surface area contributed by atoms with Gasteiger partial charge in [0, 0.05) is 18.3 Å². The van der Waals surface area contributed by atoms with E-state index in [4.69, 9.17) is 0 Å². The maximum Gasteiger partial charge on any atom is 0.311 e. The Kier molecular flexibility index (Phi) is 4.35. The Morgan fingerprint density at radius 1 is 1.42 bits per heavy atom. The molecule has 1 aromatic heterocycles. The SMILES string of the molecule is Cc1cnc(NC(C)C2CCCCC2)c([N+](=O)[O-])c1. The van der Waals surface area contributed by atoms with E-state index in [9.17, 15) is 10.1 Å². The first-order valence-electron chi connectivity index (χ1n) is 6.95. The van der Waals surface area contributed by atoms with Crippen LogP contribution in [0.5, 0.6) is 0 Å². The molecule has 5 heteroatoms. The molecule has 0 aromatic carbocycles. The van der Waals surface area contributed by atoms with Crippen molar-refractivity contribution in [3.8, 4) is 0 Å². The van der Waals surface area contributed by atoms with Gasteiger partial charge in [-0.25, -0.2) is 4.98 Å². The van der Waals surface area contributed by atoms with Gasteiger partial charge in [-0.2, -0.15) is 0 Å². The fourth-order valence-electron chi connectivity index (χ4n) is 2.77. The van der Waals surface area contributed by atoms with Gasteiger partial charge >= 0.3 is 5.69 Å². The quantitative estimate of drug-likeness (QED) is 0.664. The molecule has 19 heavy (non-hydrogen) atoms. The van der Waals surface area contributed by atoms with Gasteiger partial charge < -0.3 is 5.32 Å². The van der Waals surface area contributed by atoms with Crippen molar-refractivity contribution in [1.82, 2.24) is 4.98 Å². The van der Waals surface area contributed by atoms with Crippen LogP contribution in [0.15, 0.2) is 12.3 Å². The fourth-order valence-corrected chi connectivity index (χ4v) is 2.77. The molecule has 1 heterocycles. The van der Waals surface area contributed by atoms with Crippen LogP contribution in [0.2, 0.25) is 0 Å². The largest absolute Gasteiger partial charge is 0.362 e. The van der Waals surface area contributed by atoms with Gasteiger partial charge in [0.05, 0.1) is 4.92 Å². The van der Waals surface area contributed by atoms with Crippen molar-refractivity contribution in [2.45, 2.75) is 52.0 Å². The summed E-state index contributed by atoms with van der Waals surface area (Å²) in [5, 5.41) is 14.3. The lowest BCUT2D eigenvalue weighted by Gasteiger charge is -2.28. The highest BCUT2D eigenvalue weighted by Gasteiger charge is 2.23. The second-order valence-electron chi connectivity index (χ2n) is 5.47. The Bertz CT molecular complexity index is 456. The Morgan fingerprint density at radius 2 is 2.11 bits per heavy atom. The third kappa shape index (κ3) is 3.43. The first-order chi connectivity index (χ1) is 9.08. The highest BCUT2D eigenvalue weighted by atomic mass is 16.6. The maximum absolute atomic E-state index is 11.1. The number of aryl methyl sites for hydroxylation is 1. The van der Waals surface area contributed by atoms with Crippen molar-refractivity contribution in [1.29, 1.82) is 0 Å². The predicted molar refractivity (Wildman–Crippen MR) is 75.3 cm³/mol. The van der Waals surface area contributed by atoms with Gasteiger partial charge in [0.15, 0.2) is 0 Å². The molecule has 0 bridgehead atoms. The summed E-state index contributed by atoms with van der Waals surface area (Å²) >= 11 is 0. The topological polar surface area (TPSA) is 68.1 Å². The van der Waals surface area contributed by atoms with Crippen LogP contribution in [0.3, 0.4) is 0 Å². The summed E-state index contributed by atoms with van der Waals surface area (Å²) < 4.78 is 0. The smallest absolute Gasteiger partial charge is 0.311 e. The number of nitro groups is 1. The van der Waals surface area contributed by atoms with Gasteiger partial charge in [0.2, 0.25) is 5.82 Å². The zero-order valence-corrected chi connectivity index (χ0v) is 11.6. The normalized spacial score (nSPS) is 18.0. The maximum atomic E-state index is 11.1. The third-order valence-corrected chi connectivity index (χ3v) is 3.92. The molecular weight excluding hydrogens is 242 g/mol. The molecule has 0 spiro atoms. The van der Waals surface area contributed by atoms with E-state index in [-0.39, 0.29) is 16.7 Å². The molecule has 1 aliphatic carbocycles. The molecule has 1 aliphatic rings.